The fraction of sp³-hybridized carbons (Fsp3) is 0.458. The van der Waals surface area contributed by atoms with Crippen LogP contribution in [0.1, 0.15) is 57.2 Å². The Morgan fingerprint density at radius 1 is 0.968 bits per heavy atom. The van der Waals surface area contributed by atoms with Crippen LogP contribution < -0.4 is 14.4 Å². The lowest BCUT2D eigenvalue weighted by Crippen LogP contribution is -2.41. The molecule has 2 rings (SSSR count). The molecule has 1 atom stereocenters. The quantitative estimate of drug-likeness (QED) is 0.583. The summed E-state index contributed by atoms with van der Waals surface area (Å²) in [4.78, 5) is 12.9. The Balaban J connectivity index is 2.22. The number of sulfonamides is 1. The molecule has 2 aromatic carbocycles. The first-order chi connectivity index (χ1) is 14.5. The lowest BCUT2D eigenvalue weighted by Gasteiger charge is -2.25. The second-order valence-corrected chi connectivity index (χ2v) is 10.4. The number of anilines is 1. The van der Waals surface area contributed by atoms with Crippen molar-refractivity contribution in [2.24, 2.45) is 5.92 Å². The standard InChI is InChI=1S/C24H34N2O4S/c1-17(2)15-23(20-9-13-22(30-5)14-10-20)25-24(27)16-26(31(6,28)29)21-11-7-19(8-12-21)18(3)4/h7-14,17-18,23H,15-16H2,1-6H3,(H,25,27)/t23-/m0/s1. The van der Waals surface area contributed by atoms with E-state index in [-0.39, 0.29) is 18.5 Å². The Hall–Kier alpha value is -2.54. The average Bonchev–Trinajstić information content (AvgIpc) is 2.70. The van der Waals surface area contributed by atoms with E-state index in [1.54, 1.807) is 19.2 Å². The highest BCUT2D eigenvalue weighted by atomic mass is 32.2. The zero-order chi connectivity index (χ0) is 23.2. The molecule has 0 saturated heterocycles. The van der Waals surface area contributed by atoms with Crippen LogP contribution in [0.15, 0.2) is 48.5 Å². The van der Waals surface area contributed by atoms with Crippen molar-refractivity contribution in [2.75, 3.05) is 24.2 Å². The highest BCUT2D eigenvalue weighted by molar-refractivity contribution is 7.92. The summed E-state index contributed by atoms with van der Waals surface area (Å²) < 4.78 is 31.2. The number of carbonyl (C=O) groups excluding carboxylic acids is 1. The molecule has 31 heavy (non-hydrogen) atoms. The fourth-order valence-corrected chi connectivity index (χ4v) is 4.24. The van der Waals surface area contributed by atoms with Crippen LogP contribution in [-0.4, -0.2) is 34.2 Å². The fourth-order valence-electron chi connectivity index (χ4n) is 3.38. The molecule has 0 aromatic heterocycles. The molecule has 0 bridgehead atoms. The number of rotatable bonds is 10. The van der Waals surface area contributed by atoms with Crippen molar-refractivity contribution in [1.82, 2.24) is 5.32 Å². The first-order valence-corrected chi connectivity index (χ1v) is 12.4. The van der Waals surface area contributed by atoms with Gasteiger partial charge in [-0.1, -0.05) is 52.0 Å². The van der Waals surface area contributed by atoms with Gasteiger partial charge in [0.25, 0.3) is 0 Å². The van der Waals surface area contributed by atoms with Gasteiger partial charge in [-0.3, -0.25) is 9.10 Å². The van der Waals surface area contributed by atoms with Crippen LogP contribution in [0.3, 0.4) is 0 Å². The topological polar surface area (TPSA) is 75.7 Å². The minimum absolute atomic E-state index is 0.219. The number of ether oxygens (including phenoxy) is 1. The van der Waals surface area contributed by atoms with Gasteiger partial charge in [0, 0.05) is 0 Å². The van der Waals surface area contributed by atoms with Crippen LogP contribution in [0.4, 0.5) is 5.69 Å². The molecular formula is C24H34N2O4S. The number of hydrogen-bond donors (Lipinski definition) is 1. The average molecular weight is 447 g/mol. The van der Waals surface area contributed by atoms with Gasteiger partial charge in [-0.15, -0.1) is 0 Å². The Morgan fingerprint density at radius 3 is 1.97 bits per heavy atom. The minimum atomic E-state index is -3.62. The van der Waals surface area contributed by atoms with Crippen molar-refractivity contribution in [1.29, 1.82) is 0 Å². The van der Waals surface area contributed by atoms with E-state index in [0.717, 1.165) is 33.9 Å². The molecule has 1 N–H and O–H groups in total. The van der Waals surface area contributed by atoms with Crippen LogP contribution >= 0.6 is 0 Å². The molecule has 2 aromatic rings. The molecule has 1 amide bonds. The summed E-state index contributed by atoms with van der Waals surface area (Å²) in [6.07, 6.45) is 1.85. The third-order valence-corrected chi connectivity index (χ3v) is 6.24. The molecule has 0 saturated carbocycles. The predicted octanol–water partition coefficient (Wildman–Crippen LogP) is 4.49. The summed E-state index contributed by atoms with van der Waals surface area (Å²) in [5.41, 5.74) is 2.54. The first-order valence-electron chi connectivity index (χ1n) is 10.5. The van der Waals surface area contributed by atoms with Gasteiger partial charge in [-0.2, -0.15) is 0 Å². The lowest BCUT2D eigenvalue weighted by molar-refractivity contribution is -0.120. The highest BCUT2D eigenvalue weighted by Gasteiger charge is 2.23. The van der Waals surface area contributed by atoms with Crippen molar-refractivity contribution in [3.63, 3.8) is 0 Å². The zero-order valence-corrected chi connectivity index (χ0v) is 20.1. The van der Waals surface area contributed by atoms with E-state index in [4.69, 9.17) is 4.74 Å². The summed E-state index contributed by atoms with van der Waals surface area (Å²) in [5, 5.41) is 3.02. The van der Waals surface area contributed by atoms with Gasteiger partial charge in [0.2, 0.25) is 15.9 Å². The molecule has 7 heteroatoms. The molecule has 0 unspecified atom stereocenters. The zero-order valence-electron chi connectivity index (χ0n) is 19.3. The number of nitrogens with one attached hydrogen (secondary N) is 1. The smallest absolute Gasteiger partial charge is 0.241 e. The van der Waals surface area contributed by atoms with Crippen molar-refractivity contribution in [3.05, 3.63) is 59.7 Å². The van der Waals surface area contributed by atoms with Gasteiger partial charge in [0.05, 0.1) is 25.1 Å². The third-order valence-electron chi connectivity index (χ3n) is 5.10. The molecule has 0 aliphatic heterocycles. The maximum Gasteiger partial charge on any atom is 0.241 e. The Kier molecular flexibility index (Phi) is 8.51. The van der Waals surface area contributed by atoms with Crippen molar-refractivity contribution in [2.45, 2.75) is 46.1 Å². The van der Waals surface area contributed by atoms with Gasteiger partial charge in [0.15, 0.2) is 0 Å². The number of methoxy groups -OCH3 is 1. The summed E-state index contributed by atoms with van der Waals surface area (Å²) in [6, 6.07) is 14.6. The molecule has 0 spiro atoms. The molecule has 0 heterocycles. The van der Waals surface area contributed by atoms with Crippen LogP contribution in [0.5, 0.6) is 5.75 Å². The molecule has 0 aliphatic carbocycles. The van der Waals surface area contributed by atoms with E-state index in [1.165, 1.54) is 0 Å². The van der Waals surface area contributed by atoms with Gasteiger partial charge in [0.1, 0.15) is 12.3 Å². The molecule has 6 nitrogen and oxygen atoms in total. The summed E-state index contributed by atoms with van der Waals surface area (Å²) in [6.45, 7) is 8.05. The van der Waals surface area contributed by atoms with E-state index < -0.39 is 10.0 Å². The Morgan fingerprint density at radius 2 is 1.52 bits per heavy atom. The van der Waals surface area contributed by atoms with E-state index in [9.17, 15) is 13.2 Å². The van der Waals surface area contributed by atoms with Crippen molar-refractivity contribution < 1.29 is 17.9 Å². The number of amides is 1. The lowest BCUT2D eigenvalue weighted by atomic mass is 9.97. The maximum absolute atomic E-state index is 12.9. The van der Waals surface area contributed by atoms with E-state index in [2.05, 4.69) is 33.0 Å². The van der Waals surface area contributed by atoms with Gasteiger partial charge in [-0.25, -0.2) is 8.42 Å². The number of nitrogens with zero attached hydrogens (tertiary/aromatic N) is 1. The Bertz CT molecular complexity index is 952. The second kappa shape index (κ2) is 10.7. The molecule has 0 radical (unpaired) electrons. The molecule has 0 fully saturated rings. The number of benzene rings is 2. The summed E-state index contributed by atoms with van der Waals surface area (Å²) in [7, 11) is -2.02. The largest absolute Gasteiger partial charge is 0.497 e. The molecule has 170 valence electrons. The first kappa shape index (κ1) is 24.7. The van der Waals surface area contributed by atoms with Crippen LogP contribution in [0.25, 0.3) is 0 Å². The van der Waals surface area contributed by atoms with Crippen molar-refractivity contribution >= 4 is 21.6 Å². The third kappa shape index (κ3) is 7.28. The highest BCUT2D eigenvalue weighted by Crippen LogP contribution is 2.25. The van der Waals surface area contributed by atoms with E-state index in [0.29, 0.717) is 17.5 Å². The SMILES string of the molecule is COc1ccc([C@H](CC(C)C)NC(=O)CN(c2ccc(C(C)C)cc2)S(C)(=O)=O)cc1. The number of hydrogen-bond acceptors (Lipinski definition) is 4. The van der Waals surface area contributed by atoms with Gasteiger partial charge in [-0.05, 0) is 53.6 Å². The molecule has 0 aliphatic rings. The predicted molar refractivity (Wildman–Crippen MR) is 126 cm³/mol. The van der Waals surface area contributed by atoms with E-state index in [1.807, 2.05) is 36.4 Å². The number of carbonyl (C=O) groups is 1. The normalized spacial score (nSPS) is 12.6. The van der Waals surface area contributed by atoms with Crippen molar-refractivity contribution in [3.8, 4) is 5.75 Å². The van der Waals surface area contributed by atoms with Crippen LogP contribution in [0, 0.1) is 5.92 Å². The monoisotopic (exact) mass is 446 g/mol. The summed E-state index contributed by atoms with van der Waals surface area (Å²) >= 11 is 0. The van der Waals surface area contributed by atoms with Crippen LogP contribution in [-0.2, 0) is 14.8 Å². The van der Waals surface area contributed by atoms with Gasteiger partial charge < -0.3 is 10.1 Å². The van der Waals surface area contributed by atoms with Crippen LogP contribution in [0.2, 0.25) is 0 Å². The molecular weight excluding hydrogens is 412 g/mol. The van der Waals surface area contributed by atoms with Gasteiger partial charge >= 0.3 is 0 Å². The summed E-state index contributed by atoms with van der Waals surface area (Å²) in [5.74, 6) is 1.08. The van der Waals surface area contributed by atoms with E-state index >= 15 is 0 Å². The second-order valence-electron chi connectivity index (χ2n) is 8.54. The maximum atomic E-state index is 12.9. The Labute approximate surface area is 186 Å². The minimum Gasteiger partial charge on any atom is -0.497 e.